The van der Waals surface area contributed by atoms with Gasteiger partial charge in [-0.3, -0.25) is 9.48 Å². The fraction of sp³-hybridized carbons (Fsp3) is 0.667. The molecule has 1 aliphatic heterocycles. The van der Waals surface area contributed by atoms with Gasteiger partial charge in [0.05, 0.1) is 11.9 Å². The third-order valence-corrected chi connectivity index (χ3v) is 4.08. The van der Waals surface area contributed by atoms with Crippen LogP contribution in [0.2, 0.25) is 0 Å². The standard InChI is InChI=1S/C12H18N4O/c1-16-8-9(7-14-16)15-11(17)10-6-12(10)2-4-13-5-3-12/h7-8,10,13H,2-6H2,1H3,(H,15,17). The summed E-state index contributed by atoms with van der Waals surface area (Å²) in [5.74, 6) is 0.379. The van der Waals surface area contributed by atoms with Crippen LogP contribution in [0.25, 0.3) is 0 Å². The van der Waals surface area contributed by atoms with Crippen LogP contribution < -0.4 is 10.6 Å². The summed E-state index contributed by atoms with van der Waals surface area (Å²) in [5, 5.41) is 10.3. The van der Waals surface area contributed by atoms with Crippen LogP contribution in [-0.4, -0.2) is 28.8 Å². The molecule has 2 N–H and O–H groups in total. The van der Waals surface area contributed by atoms with Gasteiger partial charge in [0.2, 0.25) is 5.91 Å². The van der Waals surface area contributed by atoms with Crippen LogP contribution in [0, 0.1) is 11.3 Å². The number of aromatic nitrogens is 2. The number of hydrogen-bond donors (Lipinski definition) is 2. The third kappa shape index (κ3) is 1.95. The second kappa shape index (κ2) is 3.84. The molecule has 92 valence electrons. The minimum Gasteiger partial charge on any atom is -0.323 e. The largest absolute Gasteiger partial charge is 0.323 e. The van der Waals surface area contributed by atoms with Crippen LogP contribution >= 0.6 is 0 Å². The van der Waals surface area contributed by atoms with Crippen molar-refractivity contribution < 1.29 is 4.79 Å². The lowest BCUT2D eigenvalue weighted by molar-refractivity contribution is -0.118. The van der Waals surface area contributed by atoms with Gasteiger partial charge in [0.15, 0.2) is 0 Å². The number of nitrogens with one attached hydrogen (secondary N) is 2. The fourth-order valence-corrected chi connectivity index (χ4v) is 2.91. The highest BCUT2D eigenvalue weighted by Gasteiger charge is 2.57. The smallest absolute Gasteiger partial charge is 0.228 e. The van der Waals surface area contributed by atoms with E-state index in [9.17, 15) is 4.79 Å². The summed E-state index contributed by atoms with van der Waals surface area (Å²) in [5.41, 5.74) is 1.10. The van der Waals surface area contributed by atoms with Crippen LogP contribution in [0.1, 0.15) is 19.3 Å². The van der Waals surface area contributed by atoms with Crippen LogP contribution in [0.15, 0.2) is 12.4 Å². The molecule has 1 aromatic heterocycles. The fourth-order valence-electron chi connectivity index (χ4n) is 2.91. The van der Waals surface area contributed by atoms with Crippen molar-refractivity contribution in [1.29, 1.82) is 0 Å². The first-order chi connectivity index (χ1) is 8.20. The van der Waals surface area contributed by atoms with Crippen molar-refractivity contribution >= 4 is 11.6 Å². The van der Waals surface area contributed by atoms with Crippen molar-refractivity contribution in [3.8, 4) is 0 Å². The molecule has 0 bridgehead atoms. The lowest BCUT2D eigenvalue weighted by Crippen LogP contribution is -2.31. The Bertz CT molecular complexity index is 433. The zero-order valence-corrected chi connectivity index (χ0v) is 10.1. The quantitative estimate of drug-likeness (QED) is 0.794. The predicted molar refractivity (Wildman–Crippen MR) is 64.5 cm³/mol. The Morgan fingerprint density at radius 3 is 3.00 bits per heavy atom. The van der Waals surface area contributed by atoms with Gasteiger partial charge in [-0.05, 0) is 37.8 Å². The minimum absolute atomic E-state index is 0.167. The molecule has 3 rings (SSSR count). The van der Waals surface area contributed by atoms with E-state index in [0.29, 0.717) is 5.41 Å². The van der Waals surface area contributed by atoms with Crippen LogP contribution in [0.3, 0.4) is 0 Å². The highest BCUT2D eigenvalue weighted by Crippen LogP contribution is 2.58. The van der Waals surface area contributed by atoms with E-state index in [-0.39, 0.29) is 11.8 Å². The van der Waals surface area contributed by atoms with Crippen molar-refractivity contribution in [1.82, 2.24) is 15.1 Å². The van der Waals surface area contributed by atoms with Gasteiger partial charge in [0.1, 0.15) is 0 Å². The molecular weight excluding hydrogens is 216 g/mol. The SMILES string of the molecule is Cn1cc(NC(=O)C2CC23CCNCC3)cn1. The molecule has 2 fully saturated rings. The first kappa shape index (κ1) is 10.8. The van der Waals surface area contributed by atoms with Gasteiger partial charge in [-0.2, -0.15) is 5.10 Å². The Hall–Kier alpha value is -1.36. The van der Waals surface area contributed by atoms with E-state index in [4.69, 9.17) is 0 Å². The molecule has 1 saturated carbocycles. The molecule has 2 aliphatic rings. The zero-order chi connectivity index (χ0) is 11.9. The number of rotatable bonds is 2. The first-order valence-electron chi connectivity index (χ1n) is 6.20. The molecule has 1 unspecified atom stereocenters. The Labute approximate surface area is 101 Å². The molecular formula is C12H18N4O. The second-order valence-corrected chi connectivity index (χ2v) is 5.26. The van der Waals surface area contributed by atoms with Gasteiger partial charge in [-0.1, -0.05) is 0 Å². The summed E-state index contributed by atoms with van der Waals surface area (Å²) < 4.78 is 1.70. The summed E-state index contributed by atoms with van der Waals surface area (Å²) >= 11 is 0. The monoisotopic (exact) mass is 234 g/mol. The van der Waals surface area contributed by atoms with E-state index in [1.54, 1.807) is 10.9 Å². The minimum atomic E-state index is 0.167. The zero-order valence-electron chi connectivity index (χ0n) is 10.1. The topological polar surface area (TPSA) is 59.0 Å². The Kier molecular flexibility index (Phi) is 2.43. The number of carbonyl (C=O) groups is 1. The molecule has 1 spiro atoms. The first-order valence-corrected chi connectivity index (χ1v) is 6.20. The average Bonchev–Trinajstić information content (AvgIpc) is 2.85. The Balaban J connectivity index is 1.61. The van der Waals surface area contributed by atoms with E-state index < -0.39 is 0 Å². The van der Waals surface area contributed by atoms with E-state index in [0.717, 1.165) is 38.0 Å². The lowest BCUT2D eigenvalue weighted by atomic mass is 9.92. The maximum Gasteiger partial charge on any atom is 0.228 e. The van der Waals surface area contributed by atoms with Crippen LogP contribution in [0.5, 0.6) is 0 Å². The van der Waals surface area contributed by atoms with Gasteiger partial charge in [-0.15, -0.1) is 0 Å². The van der Waals surface area contributed by atoms with E-state index >= 15 is 0 Å². The number of aryl methyl sites for hydroxylation is 1. The van der Waals surface area contributed by atoms with Gasteiger partial charge < -0.3 is 10.6 Å². The summed E-state index contributed by atoms with van der Waals surface area (Å²) in [6, 6.07) is 0. The second-order valence-electron chi connectivity index (χ2n) is 5.26. The van der Waals surface area contributed by atoms with E-state index in [1.165, 1.54) is 0 Å². The van der Waals surface area contributed by atoms with Crippen LogP contribution in [0.4, 0.5) is 5.69 Å². The molecule has 1 atom stereocenters. The maximum absolute atomic E-state index is 12.1. The van der Waals surface area contributed by atoms with Crippen molar-refractivity contribution in [2.24, 2.45) is 18.4 Å². The highest BCUT2D eigenvalue weighted by atomic mass is 16.2. The number of anilines is 1. The molecule has 2 heterocycles. The Morgan fingerprint density at radius 1 is 1.59 bits per heavy atom. The summed E-state index contributed by atoms with van der Waals surface area (Å²) in [4.78, 5) is 12.1. The Morgan fingerprint density at radius 2 is 2.35 bits per heavy atom. The van der Waals surface area contributed by atoms with Crippen molar-refractivity contribution in [2.45, 2.75) is 19.3 Å². The number of nitrogens with zero attached hydrogens (tertiary/aromatic N) is 2. The average molecular weight is 234 g/mol. The van der Waals surface area contributed by atoms with Crippen LogP contribution in [-0.2, 0) is 11.8 Å². The summed E-state index contributed by atoms with van der Waals surface area (Å²) in [7, 11) is 1.85. The molecule has 0 radical (unpaired) electrons. The molecule has 1 saturated heterocycles. The third-order valence-electron chi connectivity index (χ3n) is 4.08. The van der Waals surface area contributed by atoms with Crippen molar-refractivity contribution in [3.63, 3.8) is 0 Å². The van der Waals surface area contributed by atoms with Crippen molar-refractivity contribution in [3.05, 3.63) is 12.4 Å². The highest BCUT2D eigenvalue weighted by molar-refractivity contribution is 5.94. The lowest BCUT2D eigenvalue weighted by Gasteiger charge is -2.23. The number of hydrogen-bond acceptors (Lipinski definition) is 3. The molecule has 1 aliphatic carbocycles. The van der Waals surface area contributed by atoms with Gasteiger partial charge >= 0.3 is 0 Å². The molecule has 1 amide bonds. The van der Waals surface area contributed by atoms with E-state index in [1.807, 2.05) is 13.2 Å². The number of carbonyl (C=O) groups excluding carboxylic acids is 1. The van der Waals surface area contributed by atoms with Gasteiger partial charge in [0, 0.05) is 19.2 Å². The number of piperidine rings is 1. The maximum atomic E-state index is 12.1. The molecule has 5 heteroatoms. The van der Waals surface area contributed by atoms with Crippen molar-refractivity contribution in [2.75, 3.05) is 18.4 Å². The molecule has 17 heavy (non-hydrogen) atoms. The number of amides is 1. The molecule has 5 nitrogen and oxygen atoms in total. The van der Waals surface area contributed by atoms with E-state index in [2.05, 4.69) is 15.7 Å². The summed E-state index contributed by atoms with van der Waals surface area (Å²) in [6.45, 7) is 2.10. The predicted octanol–water partition coefficient (Wildman–Crippen LogP) is 0.748. The summed E-state index contributed by atoms with van der Waals surface area (Å²) in [6.07, 6.45) is 6.85. The van der Waals surface area contributed by atoms with Gasteiger partial charge in [0.25, 0.3) is 0 Å². The molecule has 1 aromatic rings. The normalized spacial score (nSPS) is 25.8. The molecule has 0 aromatic carbocycles. The van der Waals surface area contributed by atoms with Gasteiger partial charge in [-0.25, -0.2) is 0 Å².